The van der Waals surface area contributed by atoms with Gasteiger partial charge in [-0.05, 0) is 13.8 Å². The van der Waals surface area contributed by atoms with E-state index in [1.807, 2.05) is 0 Å². The highest BCUT2D eigenvalue weighted by molar-refractivity contribution is 7.81. The summed E-state index contributed by atoms with van der Waals surface area (Å²) in [5.41, 5.74) is 0. The summed E-state index contributed by atoms with van der Waals surface area (Å²) in [5, 5.41) is -4.12. The number of alkyl halides is 5. The molecule has 0 aliphatic heterocycles. The molecule has 0 aromatic carbocycles. The second-order valence-electron chi connectivity index (χ2n) is 4.32. The molecule has 0 saturated carbocycles. The van der Waals surface area contributed by atoms with Crippen LogP contribution in [0.5, 0.6) is 0 Å². The number of rotatable bonds is 7. The van der Waals surface area contributed by atoms with Crippen molar-refractivity contribution in [2.45, 2.75) is 37.2 Å². The fraction of sp³-hybridized carbons (Fsp3) is 0.636. The molecule has 0 aromatic rings. The highest BCUT2D eigenvalue weighted by Crippen LogP contribution is 2.38. The third kappa shape index (κ3) is 6.29. The lowest BCUT2D eigenvalue weighted by atomic mass is 10.2. The van der Waals surface area contributed by atoms with Crippen LogP contribution in [0.4, 0.5) is 26.3 Å². The Bertz CT molecular complexity index is 473. The molecule has 0 aromatic heterocycles. The molecule has 1 atom stereocenters. The number of esters is 2. The number of hydrogen-bond acceptors (Lipinski definition) is 6. The van der Waals surface area contributed by atoms with E-state index in [2.05, 4.69) is 33.4 Å². The lowest BCUT2D eigenvalue weighted by molar-refractivity contribution is -0.360. The molecular weight excluding hydrogens is 358 g/mol. The van der Waals surface area contributed by atoms with Gasteiger partial charge in [-0.15, -0.1) is 12.6 Å². The Hall–Kier alpha value is -1.43. The zero-order valence-electron chi connectivity index (χ0n) is 11.7. The van der Waals surface area contributed by atoms with E-state index in [9.17, 15) is 35.9 Å². The Labute approximate surface area is 132 Å². The van der Waals surface area contributed by atoms with Crippen LogP contribution in [0, 0.1) is 0 Å². The Morgan fingerprint density at radius 3 is 1.96 bits per heavy atom. The lowest BCUT2D eigenvalue weighted by Crippen LogP contribution is -2.59. The van der Waals surface area contributed by atoms with E-state index in [1.54, 1.807) is 0 Å². The molecule has 0 aliphatic rings. The zero-order chi connectivity index (χ0) is 18.6. The predicted octanol–water partition coefficient (Wildman–Crippen LogP) is 2.76. The van der Waals surface area contributed by atoms with Crippen LogP contribution in [0.15, 0.2) is 12.4 Å². The quantitative estimate of drug-likeness (QED) is 0.246. The first-order chi connectivity index (χ1) is 10.1. The Morgan fingerprint density at radius 1 is 1.17 bits per heavy atom. The van der Waals surface area contributed by atoms with Crippen LogP contribution in [-0.4, -0.2) is 41.9 Å². The lowest BCUT2D eigenvalue weighted by Gasteiger charge is -2.33. The van der Waals surface area contributed by atoms with Crippen LogP contribution in [-0.2, 0) is 23.8 Å². The molecule has 12 heteroatoms. The third-order valence-corrected chi connectivity index (χ3v) is 2.02. The molecule has 0 bridgehead atoms. The van der Waals surface area contributed by atoms with Crippen LogP contribution in [0.2, 0.25) is 0 Å². The van der Waals surface area contributed by atoms with Gasteiger partial charge in [0, 0.05) is 0 Å². The Kier molecular flexibility index (Phi) is 6.96. The third-order valence-electron chi connectivity index (χ3n) is 1.89. The molecular formula is C11H12F6O5S. The molecule has 1 unspecified atom stereocenters. The van der Waals surface area contributed by atoms with E-state index >= 15 is 0 Å². The van der Waals surface area contributed by atoms with Crippen molar-refractivity contribution < 1.29 is 50.1 Å². The van der Waals surface area contributed by atoms with Crippen LogP contribution in [0.3, 0.4) is 0 Å². The number of hydrogen-bond donors (Lipinski definition) is 1. The molecule has 0 heterocycles. The summed E-state index contributed by atoms with van der Waals surface area (Å²) in [4.78, 5) is 22.7. The molecule has 0 spiro atoms. The summed E-state index contributed by atoms with van der Waals surface area (Å²) >= 11 is 2.62. The molecule has 0 fully saturated rings. The van der Waals surface area contributed by atoms with Gasteiger partial charge in [0.15, 0.2) is 0 Å². The SMILES string of the molecule is C=C(F)C(=O)OC(OCC(F)(F)S)(C(=O)OC(C)C)C(F)(F)F. The maximum absolute atomic E-state index is 13.2. The highest BCUT2D eigenvalue weighted by atomic mass is 32.1. The van der Waals surface area contributed by atoms with Crippen molar-refractivity contribution in [3.05, 3.63) is 12.4 Å². The van der Waals surface area contributed by atoms with Crippen molar-refractivity contribution in [1.29, 1.82) is 0 Å². The fourth-order valence-corrected chi connectivity index (χ4v) is 1.12. The molecule has 0 radical (unpaired) electrons. The second-order valence-corrected chi connectivity index (χ2v) is 4.97. The van der Waals surface area contributed by atoms with Gasteiger partial charge in [0.1, 0.15) is 6.61 Å². The largest absolute Gasteiger partial charge is 0.468 e. The van der Waals surface area contributed by atoms with Crippen LogP contribution in [0.1, 0.15) is 13.8 Å². The van der Waals surface area contributed by atoms with Gasteiger partial charge in [0.2, 0.25) is 5.83 Å². The first-order valence-corrected chi connectivity index (χ1v) is 6.17. The van der Waals surface area contributed by atoms with E-state index in [0.717, 1.165) is 13.8 Å². The minimum absolute atomic E-state index is 1.13. The Balaban J connectivity index is 5.87. The van der Waals surface area contributed by atoms with Crippen LogP contribution < -0.4 is 0 Å². The number of carbonyl (C=O) groups is 2. The van der Waals surface area contributed by atoms with Crippen molar-refractivity contribution in [3.8, 4) is 0 Å². The van der Waals surface area contributed by atoms with E-state index in [0.29, 0.717) is 0 Å². The molecule has 0 rings (SSSR count). The van der Waals surface area contributed by atoms with Crippen LogP contribution >= 0.6 is 12.6 Å². The highest BCUT2D eigenvalue weighted by Gasteiger charge is 2.68. The van der Waals surface area contributed by atoms with E-state index in [4.69, 9.17) is 0 Å². The van der Waals surface area contributed by atoms with Gasteiger partial charge in [-0.1, -0.05) is 6.58 Å². The van der Waals surface area contributed by atoms with Crippen molar-refractivity contribution in [2.24, 2.45) is 0 Å². The maximum Gasteiger partial charge on any atom is 0.468 e. The van der Waals surface area contributed by atoms with Gasteiger partial charge >= 0.3 is 29.2 Å². The van der Waals surface area contributed by atoms with Gasteiger partial charge in [-0.25, -0.2) is 9.59 Å². The van der Waals surface area contributed by atoms with E-state index in [1.165, 1.54) is 0 Å². The summed E-state index contributed by atoms with van der Waals surface area (Å²) in [6.45, 7) is 2.54. The summed E-state index contributed by atoms with van der Waals surface area (Å²) in [6.07, 6.45) is -7.01. The van der Waals surface area contributed by atoms with Crippen molar-refractivity contribution >= 4 is 24.6 Å². The normalized spacial score (nSPS) is 15.0. The first-order valence-electron chi connectivity index (χ1n) is 5.72. The first kappa shape index (κ1) is 21.6. The minimum Gasteiger partial charge on any atom is -0.458 e. The summed E-state index contributed by atoms with van der Waals surface area (Å²) in [7, 11) is 0. The average molecular weight is 370 g/mol. The van der Waals surface area contributed by atoms with Crippen molar-refractivity contribution in [2.75, 3.05) is 6.61 Å². The molecule has 134 valence electrons. The predicted molar refractivity (Wildman–Crippen MR) is 66.2 cm³/mol. The molecule has 0 saturated heterocycles. The maximum atomic E-state index is 13.2. The molecule has 0 aliphatic carbocycles. The van der Waals surface area contributed by atoms with Gasteiger partial charge in [-0.3, -0.25) is 0 Å². The number of thiol groups is 1. The minimum atomic E-state index is -5.86. The van der Waals surface area contributed by atoms with Crippen LogP contribution in [0.25, 0.3) is 0 Å². The zero-order valence-corrected chi connectivity index (χ0v) is 12.6. The van der Waals surface area contributed by atoms with Gasteiger partial charge in [0.25, 0.3) is 0 Å². The van der Waals surface area contributed by atoms with Crippen molar-refractivity contribution in [1.82, 2.24) is 0 Å². The standard InChI is InChI=1S/C11H12F6O5S/c1-5(2)21-8(19)10(11(15,16)17,20-4-9(13,14)23)22-7(18)6(3)12/h5,23H,3-4H2,1-2H3. The summed E-state index contributed by atoms with van der Waals surface area (Å²) < 4.78 is 88.9. The topological polar surface area (TPSA) is 61.8 Å². The smallest absolute Gasteiger partial charge is 0.458 e. The second kappa shape index (κ2) is 7.43. The molecule has 5 nitrogen and oxygen atoms in total. The number of carbonyl (C=O) groups excluding carboxylic acids is 2. The monoisotopic (exact) mass is 370 g/mol. The summed E-state index contributed by atoms with van der Waals surface area (Å²) in [5.74, 6) is -11.3. The Morgan fingerprint density at radius 2 is 1.65 bits per heavy atom. The fourth-order valence-electron chi connectivity index (χ4n) is 1.05. The van der Waals surface area contributed by atoms with Gasteiger partial charge < -0.3 is 14.2 Å². The average Bonchev–Trinajstić information content (AvgIpc) is 2.30. The van der Waals surface area contributed by atoms with Gasteiger partial charge in [-0.2, -0.15) is 26.3 Å². The molecule has 23 heavy (non-hydrogen) atoms. The number of ether oxygens (including phenoxy) is 3. The van der Waals surface area contributed by atoms with E-state index in [-0.39, 0.29) is 0 Å². The van der Waals surface area contributed by atoms with Crippen molar-refractivity contribution in [3.63, 3.8) is 0 Å². The van der Waals surface area contributed by atoms with Gasteiger partial charge in [0.05, 0.1) is 6.10 Å². The molecule has 0 amide bonds. The molecule has 0 N–H and O–H groups in total. The number of halogens is 6. The van der Waals surface area contributed by atoms with E-state index < -0.39 is 47.7 Å². The summed E-state index contributed by atoms with van der Waals surface area (Å²) in [6, 6.07) is 0.